The standard InChI is InChI=1S/C24H28ClN3O2/c1-17(2)21-23(30)28(16-18-6-4-3-5-7-18)24(26-21)12-14-27(15-13-24)22(29)19-8-10-20(25)11-9-19/h3-11,17,21,26H,12-16H2,1-2H3/t21-/m1/s1. The molecule has 30 heavy (non-hydrogen) atoms. The van der Waals surface area contributed by atoms with E-state index >= 15 is 0 Å². The Morgan fingerprint density at radius 2 is 1.73 bits per heavy atom. The van der Waals surface area contributed by atoms with Gasteiger partial charge in [-0.3, -0.25) is 14.9 Å². The van der Waals surface area contributed by atoms with Crippen molar-refractivity contribution in [1.82, 2.24) is 15.1 Å². The second-order valence-electron chi connectivity index (χ2n) is 8.61. The Morgan fingerprint density at radius 1 is 1.10 bits per heavy atom. The summed E-state index contributed by atoms with van der Waals surface area (Å²) in [6.45, 7) is 5.96. The number of benzene rings is 2. The van der Waals surface area contributed by atoms with Crippen LogP contribution < -0.4 is 5.32 Å². The van der Waals surface area contributed by atoms with Crippen LogP contribution in [-0.4, -0.2) is 46.4 Å². The van der Waals surface area contributed by atoms with Crippen LogP contribution in [-0.2, 0) is 11.3 Å². The molecule has 6 heteroatoms. The second kappa shape index (κ2) is 8.40. The first-order valence-electron chi connectivity index (χ1n) is 10.6. The molecule has 0 radical (unpaired) electrons. The minimum Gasteiger partial charge on any atom is -0.338 e. The largest absolute Gasteiger partial charge is 0.338 e. The summed E-state index contributed by atoms with van der Waals surface area (Å²) < 4.78 is 0. The number of nitrogens with zero attached hydrogens (tertiary/aromatic N) is 2. The monoisotopic (exact) mass is 425 g/mol. The van der Waals surface area contributed by atoms with Crippen LogP contribution in [0.2, 0.25) is 5.02 Å². The number of likely N-dealkylation sites (tertiary alicyclic amines) is 1. The molecule has 0 unspecified atom stereocenters. The predicted molar refractivity (Wildman–Crippen MR) is 118 cm³/mol. The van der Waals surface area contributed by atoms with Crippen molar-refractivity contribution in [2.75, 3.05) is 13.1 Å². The van der Waals surface area contributed by atoms with Crippen molar-refractivity contribution < 1.29 is 9.59 Å². The molecule has 0 bridgehead atoms. The topological polar surface area (TPSA) is 52.7 Å². The number of halogens is 1. The third-order valence-corrected chi connectivity index (χ3v) is 6.54. The lowest BCUT2D eigenvalue weighted by Crippen LogP contribution is -2.59. The van der Waals surface area contributed by atoms with Crippen molar-refractivity contribution >= 4 is 23.4 Å². The minimum absolute atomic E-state index is 0.0147. The Labute approximate surface area is 183 Å². The predicted octanol–water partition coefficient (Wildman–Crippen LogP) is 3.93. The zero-order valence-corrected chi connectivity index (χ0v) is 18.2. The molecule has 158 valence electrons. The summed E-state index contributed by atoms with van der Waals surface area (Å²) in [6.07, 6.45) is 1.43. The molecule has 2 aliphatic heterocycles. The van der Waals surface area contributed by atoms with Crippen molar-refractivity contribution in [3.8, 4) is 0 Å². The van der Waals surface area contributed by atoms with E-state index in [0.717, 1.165) is 5.56 Å². The zero-order chi connectivity index (χ0) is 21.3. The quantitative estimate of drug-likeness (QED) is 0.807. The van der Waals surface area contributed by atoms with Gasteiger partial charge < -0.3 is 9.80 Å². The first kappa shape index (κ1) is 20.9. The molecule has 2 amide bonds. The highest BCUT2D eigenvalue weighted by molar-refractivity contribution is 6.30. The average molecular weight is 426 g/mol. The molecular weight excluding hydrogens is 398 g/mol. The van der Waals surface area contributed by atoms with Crippen LogP contribution in [0.4, 0.5) is 0 Å². The van der Waals surface area contributed by atoms with Gasteiger partial charge in [-0.05, 0) is 35.7 Å². The molecular formula is C24H28ClN3O2. The van der Waals surface area contributed by atoms with Crippen molar-refractivity contribution in [2.45, 2.75) is 44.9 Å². The van der Waals surface area contributed by atoms with Gasteiger partial charge in [0, 0.05) is 43.1 Å². The van der Waals surface area contributed by atoms with E-state index in [9.17, 15) is 9.59 Å². The Hall–Kier alpha value is -2.37. The van der Waals surface area contributed by atoms with E-state index in [1.54, 1.807) is 24.3 Å². The summed E-state index contributed by atoms with van der Waals surface area (Å²) in [5.74, 6) is 0.385. The van der Waals surface area contributed by atoms with E-state index in [2.05, 4.69) is 31.3 Å². The van der Waals surface area contributed by atoms with Gasteiger partial charge in [-0.2, -0.15) is 0 Å². The lowest BCUT2D eigenvalue weighted by atomic mass is 9.94. The Morgan fingerprint density at radius 3 is 2.33 bits per heavy atom. The van der Waals surface area contributed by atoms with E-state index in [-0.39, 0.29) is 23.8 Å². The highest BCUT2D eigenvalue weighted by Gasteiger charge is 2.52. The molecule has 4 rings (SSSR count). The van der Waals surface area contributed by atoms with Gasteiger partial charge in [0.25, 0.3) is 5.91 Å². The summed E-state index contributed by atoms with van der Waals surface area (Å²) in [5, 5.41) is 4.27. The fourth-order valence-corrected chi connectivity index (χ4v) is 4.65. The Balaban J connectivity index is 1.52. The van der Waals surface area contributed by atoms with Crippen molar-refractivity contribution in [2.24, 2.45) is 5.92 Å². The number of carbonyl (C=O) groups excluding carboxylic acids is 2. The summed E-state index contributed by atoms with van der Waals surface area (Å²) >= 11 is 5.95. The van der Waals surface area contributed by atoms with Gasteiger partial charge >= 0.3 is 0 Å². The molecule has 2 aromatic rings. The number of carbonyl (C=O) groups is 2. The molecule has 0 aliphatic carbocycles. The van der Waals surface area contributed by atoms with Gasteiger partial charge in [-0.1, -0.05) is 55.8 Å². The highest BCUT2D eigenvalue weighted by atomic mass is 35.5. The third kappa shape index (κ3) is 3.96. The molecule has 0 saturated carbocycles. The maximum atomic E-state index is 13.3. The fourth-order valence-electron chi connectivity index (χ4n) is 4.52. The van der Waals surface area contributed by atoms with Crippen LogP contribution in [0.3, 0.4) is 0 Å². The molecule has 5 nitrogen and oxygen atoms in total. The summed E-state index contributed by atoms with van der Waals surface area (Å²) in [6, 6.07) is 16.9. The Bertz CT molecular complexity index is 906. The Kier molecular flexibility index (Phi) is 5.85. The molecule has 1 N–H and O–H groups in total. The van der Waals surface area contributed by atoms with Crippen molar-refractivity contribution in [3.05, 3.63) is 70.7 Å². The van der Waals surface area contributed by atoms with Crippen LogP contribution in [0.1, 0.15) is 42.6 Å². The van der Waals surface area contributed by atoms with Gasteiger partial charge in [0.1, 0.15) is 0 Å². The molecule has 2 heterocycles. The van der Waals surface area contributed by atoms with Crippen LogP contribution in [0.5, 0.6) is 0 Å². The molecule has 2 aliphatic rings. The zero-order valence-electron chi connectivity index (χ0n) is 17.5. The van der Waals surface area contributed by atoms with Gasteiger partial charge in [-0.25, -0.2) is 0 Å². The SMILES string of the molecule is CC(C)[C@H]1NC2(CCN(C(=O)c3ccc(Cl)cc3)CC2)N(Cc2ccccc2)C1=O. The molecule has 0 aromatic heterocycles. The van der Waals surface area contributed by atoms with Gasteiger partial charge in [-0.15, -0.1) is 0 Å². The summed E-state index contributed by atoms with van der Waals surface area (Å²) in [4.78, 5) is 30.1. The number of nitrogens with one attached hydrogen (secondary N) is 1. The molecule has 2 fully saturated rings. The van der Waals surface area contributed by atoms with E-state index in [0.29, 0.717) is 43.1 Å². The van der Waals surface area contributed by atoms with Crippen LogP contribution in [0.25, 0.3) is 0 Å². The summed E-state index contributed by atoms with van der Waals surface area (Å²) in [7, 11) is 0. The number of piperidine rings is 1. The average Bonchev–Trinajstić information content (AvgIpc) is 3.01. The number of hydrogen-bond donors (Lipinski definition) is 1. The minimum atomic E-state index is -0.404. The molecule has 2 aromatic carbocycles. The van der Waals surface area contributed by atoms with E-state index in [4.69, 9.17) is 11.6 Å². The first-order chi connectivity index (χ1) is 14.4. The smallest absolute Gasteiger partial charge is 0.253 e. The van der Waals surface area contributed by atoms with E-state index < -0.39 is 5.66 Å². The number of hydrogen-bond acceptors (Lipinski definition) is 3. The van der Waals surface area contributed by atoms with Gasteiger partial charge in [0.2, 0.25) is 5.91 Å². The lowest BCUT2D eigenvalue weighted by Gasteiger charge is -2.44. The first-order valence-corrected chi connectivity index (χ1v) is 11.0. The second-order valence-corrected chi connectivity index (χ2v) is 9.04. The van der Waals surface area contributed by atoms with E-state index in [1.807, 2.05) is 28.0 Å². The normalized spacial score (nSPS) is 20.9. The van der Waals surface area contributed by atoms with Crippen molar-refractivity contribution in [1.29, 1.82) is 0 Å². The van der Waals surface area contributed by atoms with E-state index in [1.165, 1.54) is 0 Å². The maximum Gasteiger partial charge on any atom is 0.253 e. The number of amides is 2. The van der Waals surface area contributed by atoms with Crippen LogP contribution in [0, 0.1) is 5.92 Å². The molecule has 1 atom stereocenters. The van der Waals surface area contributed by atoms with Crippen LogP contribution >= 0.6 is 11.6 Å². The van der Waals surface area contributed by atoms with Crippen molar-refractivity contribution in [3.63, 3.8) is 0 Å². The maximum absolute atomic E-state index is 13.3. The van der Waals surface area contributed by atoms with Crippen LogP contribution in [0.15, 0.2) is 54.6 Å². The highest BCUT2D eigenvalue weighted by Crippen LogP contribution is 2.35. The van der Waals surface area contributed by atoms with Gasteiger partial charge in [0.15, 0.2) is 0 Å². The molecule has 1 spiro atoms. The number of rotatable bonds is 4. The molecule has 2 saturated heterocycles. The third-order valence-electron chi connectivity index (χ3n) is 6.29. The fraction of sp³-hybridized carbons (Fsp3) is 0.417. The lowest BCUT2D eigenvalue weighted by molar-refractivity contribution is -0.134. The summed E-state index contributed by atoms with van der Waals surface area (Å²) in [5.41, 5.74) is 1.36. The van der Waals surface area contributed by atoms with Gasteiger partial charge in [0.05, 0.1) is 11.7 Å².